The molecule has 0 aliphatic heterocycles. The highest BCUT2D eigenvalue weighted by Gasteiger charge is 2.15. The van der Waals surface area contributed by atoms with Crippen LogP contribution in [0.25, 0.3) is 10.7 Å². The molecule has 0 spiro atoms. The van der Waals surface area contributed by atoms with Crippen LogP contribution in [0.1, 0.15) is 9.67 Å². The Labute approximate surface area is 108 Å². The number of hydrogen-bond acceptors (Lipinski definition) is 6. The van der Waals surface area contributed by atoms with E-state index >= 15 is 0 Å². The molecular formula is C10H9N3O3S2. The van der Waals surface area contributed by atoms with Crippen LogP contribution in [0.3, 0.4) is 0 Å². The largest absolute Gasteiger partial charge is 0.276 e. The van der Waals surface area contributed by atoms with Crippen LogP contribution in [0.2, 0.25) is 0 Å². The summed E-state index contributed by atoms with van der Waals surface area (Å²) in [7, 11) is -3.56. The highest BCUT2D eigenvalue weighted by Crippen LogP contribution is 2.22. The molecule has 8 heteroatoms. The van der Waals surface area contributed by atoms with Crippen molar-refractivity contribution in [1.29, 1.82) is 0 Å². The van der Waals surface area contributed by atoms with Gasteiger partial charge in [-0.3, -0.25) is 9.78 Å². The first-order valence-electron chi connectivity index (χ1n) is 4.85. The standard InChI is InChI=1S/C10H9N3O3S2/c1-18(15,16)13-9(14)8-6-12-10(17-8)7-4-2-3-5-11-7/h2-6H,1H3,(H,13,14). The number of thiazole rings is 1. The van der Waals surface area contributed by atoms with Gasteiger partial charge in [0.05, 0.1) is 18.1 Å². The third kappa shape index (κ3) is 3.11. The minimum atomic E-state index is -3.56. The smallest absolute Gasteiger partial charge is 0.267 e. The first kappa shape index (κ1) is 12.7. The molecule has 18 heavy (non-hydrogen) atoms. The van der Waals surface area contributed by atoms with E-state index in [1.54, 1.807) is 24.4 Å². The van der Waals surface area contributed by atoms with Crippen molar-refractivity contribution in [2.45, 2.75) is 0 Å². The summed E-state index contributed by atoms with van der Waals surface area (Å²) >= 11 is 1.08. The van der Waals surface area contributed by atoms with E-state index < -0.39 is 15.9 Å². The number of sulfonamides is 1. The molecule has 2 heterocycles. The van der Waals surface area contributed by atoms with Crippen molar-refractivity contribution in [3.8, 4) is 10.7 Å². The molecule has 1 amide bonds. The normalized spacial score (nSPS) is 11.2. The van der Waals surface area contributed by atoms with Crippen molar-refractivity contribution in [3.63, 3.8) is 0 Å². The molecule has 0 saturated carbocycles. The average Bonchev–Trinajstić information content (AvgIpc) is 2.77. The lowest BCUT2D eigenvalue weighted by molar-refractivity contribution is 0.0985. The number of nitrogens with one attached hydrogen (secondary N) is 1. The van der Waals surface area contributed by atoms with E-state index in [4.69, 9.17) is 0 Å². The zero-order valence-electron chi connectivity index (χ0n) is 9.32. The van der Waals surface area contributed by atoms with E-state index in [2.05, 4.69) is 9.97 Å². The van der Waals surface area contributed by atoms with Gasteiger partial charge in [-0.15, -0.1) is 11.3 Å². The number of nitrogens with zero attached hydrogens (tertiary/aromatic N) is 2. The first-order chi connectivity index (χ1) is 8.46. The van der Waals surface area contributed by atoms with Crippen molar-refractivity contribution in [2.75, 3.05) is 6.26 Å². The highest BCUT2D eigenvalue weighted by molar-refractivity contribution is 7.89. The molecule has 2 aromatic rings. The Hall–Kier alpha value is -1.80. The molecule has 6 nitrogen and oxygen atoms in total. The zero-order chi connectivity index (χ0) is 13.2. The van der Waals surface area contributed by atoms with E-state index in [0.29, 0.717) is 10.7 Å². The maximum atomic E-state index is 11.6. The second-order valence-corrected chi connectivity index (χ2v) is 6.23. The van der Waals surface area contributed by atoms with Crippen LogP contribution in [-0.4, -0.2) is 30.5 Å². The maximum Gasteiger partial charge on any atom is 0.276 e. The van der Waals surface area contributed by atoms with E-state index in [0.717, 1.165) is 17.6 Å². The molecule has 0 aromatic carbocycles. The summed E-state index contributed by atoms with van der Waals surface area (Å²) in [5.41, 5.74) is 0.640. The molecular weight excluding hydrogens is 274 g/mol. The number of carbonyl (C=O) groups excluding carboxylic acids is 1. The Balaban J connectivity index is 2.24. The van der Waals surface area contributed by atoms with E-state index in [1.165, 1.54) is 6.20 Å². The van der Waals surface area contributed by atoms with E-state index in [-0.39, 0.29) is 4.88 Å². The fourth-order valence-corrected chi connectivity index (χ4v) is 2.50. The SMILES string of the molecule is CS(=O)(=O)NC(=O)c1cnc(-c2ccccn2)s1. The molecule has 2 rings (SSSR count). The van der Waals surface area contributed by atoms with Crippen molar-refractivity contribution in [3.05, 3.63) is 35.5 Å². The Morgan fingerprint density at radius 3 is 2.72 bits per heavy atom. The zero-order valence-corrected chi connectivity index (χ0v) is 11.0. The second-order valence-electron chi connectivity index (χ2n) is 3.45. The Bertz CT molecular complexity index is 665. The summed E-state index contributed by atoms with van der Waals surface area (Å²) in [5.74, 6) is -0.683. The minimum absolute atomic E-state index is 0.223. The van der Waals surface area contributed by atoms with Gasteiger partial charge >= 0.3 is 0 Å². The van der Waals surface area contributed by atoms with Crippen LogP contribution in [0, 0.1) is 0 Å². The van der Waals surface area contributed by atoms with Crippen LogP contribution in [-0.2, 0) is 10.0 Å². The molecule has 2 aromatic heterocycles. The minimum Gasteiger partial charge on any atom is -0.267 e. The van der Waals surface area contributed by atoms with Crippen molar-refractivity contribution in [1.82, 2.24) is 14.7 Å². The van der Waals surface area contributed by atoms with Crippen molar-refractivity contribution < 1.29 is 13.2 Å². The maximum absolute atomic E-state index is 11.6. The number of pyridine rings is 1. The van der Waals surface area contributed by atoms with Gasteiger partial charge in [-0.05, 0) is 12.1 Å². The van der Waals surface area contributed by atoms with Gasteiger partial charge in [-0.1, -0.05) is 6.07 Å². The van der Waals surface area contributed by atoms with Crippen molar-refractivity contribution >= 4 is 27.3 Å². The van der Waals surface area contributed by atoms with Gasteiger partial charge in [-0.2, -0.15) is 0 Å². The highest BCUT2D eigenvalue weighted by atomic mass is 32.2. The molecule has 0 fully saturated rings. The Morgan fingerprint density at radius 1 is 1.33 bits per heavy atom. The summed E-state index contributed by atoms with van der Waals surface area (Å²) < 4.78 is 23.7. The number of hydrogen-bond donors (Lipinski definition) is 1. The van der Waals surface area contributed by atoms with E-state index in [9.17, 15) is 13.2 Å². The lowest BCUT2D eigenvalue weighted by Gasteiger charge is -1.98. The number of aromatic nitrogens is 2. The predicted octanol–water partition coefficient (Wildman–Crippen LogP) is 0.895. The molecule has 0 bridgehead atoms. The lowest BCUT2D eigenvalue weighted by Crippen LogP contribution is -2.28. The van der Waals surface area contributed by atoms with Gasteiger partial charge in [0.25, 0.3) is 5.91 Å². The molecule has 94 valence electrons. The summed E-state index contributed by atoms with van der Waals surface area (Å²) in [6.45, 7) is 0. The summed E-state index contributed by atoms with van der Waals surface area (Å²) in [6.07, 6.45) is 3.87. The number of rotatable bonds is 3. The summed E-state index contributed by atoms with van der Waals surface area (Å²) in [4.78, 5) is 19.9. The predicted molar refractivity (Wildman–Crippen MR) is 67.7 cm³/mol. The van der Waals surface area contributed by atoms with Gasteiger partial charge in [-0.25, -0.2) is 18.1 Å². The van der Waals surface area contributed by atoms with Crippen LogP contribution >= 0.6 is 11.3 Å². The van der Waals surface area contributed by atoms with Gasteiger partial charge in [0.15, 0.2) is 0 Å². The number of carbonyl (C=O) groups is 1. The average molecular weight is 283 g/mol. The fourth-order valence-electron chi connectivity index (χ4n) is 1.21. The lowest BCUT2D eigenvalue weighted by atomic mass is 10.4. The van der Waals surface area contributed by atoms with Crippen LogP contribution in [0.4, 0.5) is 0 Å². The van der Waals surface area contributed by atoms with Crippen LogP contribution in [0.5, 0.6) is 0 Å². The Kier molecular flexibility index (Phi) is 3.39. The summed E-state index contributed by atoms with van der Waals surface area (Å²) in [6, 6.07) is 5.34. The van der Waals surface area contributed by atoms with E-state index in [1.807, 2.05) is 4.72 Å². The first-order valence-corrected chi connectivity index (χ1v) is 7.56. The van der Waals surface area contributed by atoms with Crippen LogP contribution < -0.4 is 4.72 Å². The van der Waals surface area contributed by atoms with Crippen LogP contribution in [0.15, 0.2) is 30.6 Å². The molecule has 1 N–H and O–H groups in total. The summed E-state index contributed by atoms with van der Waals surface area (Å²) in [5, 5.41) is 0.564. The molecule has 0 saturated heterocycles. The molecule has 0 aliphatic rings. The van der Waals surface area contributed by atoms with Gasteiger partial charge in [0.2, 0.25) is 10.0 Å². The van der Waals surface area contributed by atoms with Gasteiger partial charge in [0, 0.05) is 6.20 Å². The second kappa shape index (κ2) is 4.83. The third-order valence-electron chi connectivity index (χ3n) is 1.89. The molecule has 0 unspecified atom stereocenters. The number of amides is 1. The molecule has 0 atom stereocenters. The third-order valence-corrected chi connectivity index (χ3v) is 3.47. The quantitative estimate of drug-likeness (QED) is 0.903. The molecule has 0 aliphatic carbocycles. The Morgan fingerprint density at radius 2 is 2.11 bits per heavy atom. The van der Waals surface area contributed by atoms with Gasteiger partial charge in [0.1, 0.15) is 9.88 Å². The fraction of sp³-hybridized carbons (Fsp3) is 0.100. The molecule has 0 radical (unpaired) electrons. The van der Waals surface area contributed by atoms with Gasteiger partial charge < -0.3 is 0 Å². The van der Waals surface area contributed by atoms with Crippen molar-refractivity contribution in [2.24, 2.45) is 0 Å². The topological polar surface area (TPSA) is 89.0 Å². The monoisotopic (exact) mass is 283 g/mol.